The van der Waals surface area contributed by atoms with Crippen LogP contribution in [-0.4, -0.2) is 28.8 Å². The number of aryl methyl sites for hydroxylation is 2. The first-order chi connectivity index (χ1) is 15.4. The minimum atomic E-state index is -0.246. The highest BCUT2D eigenvalue weighted by atomic mass is 35.5. The molecule has 2 aromatic carbocycles. The zero-order chi connectivity index (χ0) is 23.1. The number of carbonyl (C=O) groups excluding carboxylic acids is 2. The summed E-state index contributed by atoms with van der Waals surface area (Å²) < 4.78 is 5.23. The van der Waals surface area contributed by atoms with Gasteiger partial charge in [0.1, 0.15) is 17.9 Å². The van der Waals surface area contributed by atoms with E-state index in [-0.39, 0.29) is 24.5 Å². The number of rotatable bonds is 9. The molecule has 0 radical (unpaired) electrons. The molecule has 1 heterocycles. The van der Waals surface area contributed by atoms with Crippen molar-refractivity contribution in [2.24, 2.45) is 0 Å². The average molecular weight is 453 g/mol. The Morgan fingerprint density at radius 2 is 1.88 bits per heavy atom. The van der Waals surface area contributed by atoms with Crippen LogP contribution in [0.15, 0.2) is 48.8 Å². The molecule has 0 unspecified atom stereocenters. The second kappa shape index (κ2) is 10.7. The Morgan fingerprint density at radius 3 is 2.59 bits per heavy atom. The lowest BCUT2D eigenvalue weighted by molar-refractivity contribution is -0.116. The van der Waals surface area contributed by atoms with Crippen molar-refractivity contribution in [3.05, 3.63) is 70.6 Å². The summed E-state index contributed by atoms with van der Waals surface area (Å²) in [5.74, 6) is 0.653. The zero-order valence-electron chi connectivity index (χ0n) is 18.2. The van der Waals surface area contributed by atoms with Crippen molar-refractivity contribution in [2.45, 2.75) is 33.1 Å². The first-order valence-electron chi connectivity index (χ1n) is 10.2. The molecule has 0 fully saturated rings. The van der Waals surface area contributed by atoms with Crippen molar-refractivity contribution in [1.29, 1.82) is 0 Å². The highest BCUT2D eigenvalue weighted by molar-refractivity contribution is 6.31. The molecular weight excluding hydrogens is 428 g/mol. The summed E-state index contributed by atoms with van der Waals surface area (Å²) in [6.07, 6.45) is 2.33. The van der Waals surface area contributed by atoms with Gasteiger partial charge in [0.2, 0.25) is 5.91 Å². The fourth-order valence-corrected chi connectivity index (χ4v) is 3.39. The minimum Gasteiger partial charge on any atom is -0.496 e. The third kappa shape index (κ3) is 6.04. The maximum absolute atomic E-state index is 12.6. The molecule has 0 atom stereocenters. The largest absolute Gasteiger partial charge is 0.496 e. The van der Waals surface area contributed by atoms with Gasteiger partial charge in [-0.3, -0.25) is 9.59 Å². The van der Waals surface area contributed by atoms with Gasteiger partial charge in [-0.2, -0.15) is 0 Å². The number of ether oxygens (including phenoxy) is 1. The number of hydrogen-bond donors (Lipinski definition) is 2. The molecule has 0 spiro atoms. The molecule has 2 N–H and O–H groups in total. The van der Waals surface area contributed by atoms with Crippen molar-refractivity contribution < 1.29 is 14.3 Å². The summed E-state index contributed by atoms with van der Waals surface area (Å²) in [5.41, 5.74) is 3.69. The lowest BCUT2D eigenvalue weighted by Crippen LogP contribution is -2.15. The van der Waals surface area contributed by atoms with E-state index in [1.165, 1.54) is 13.4 Å². The predicted molar refractivity (Wildman–Crippen MR) is 126 cm³/mol. The molecule has 1 amide bonds. The van der Waals surface area contributed by atoms with Crippen LogP contribution in [0.2, 0.25) is 5.02 Å². The first-order valence-corrected chi connectivity index (χ1v) is 10.6. The Labute approximate surface area is 192 Å². The van der Waals surface area contributed by atoms with Crippen LogP contribution >= 0.6 is 11.6 Å². The Hall–Kier alpha value is -3.45. The van der Waals surface area contributed by atoms with Crippen LogP contribution in [0.3, 0.4) is 0 Å². The van der Waals surface area contributed by atoms with Crippen LogP contribution in [0.25, 0.3) is 0 Å². The highest BCUT2D eigenvalue weighted by Gasteiger charge is 2.15. The average Bonchev–Trinajstić information content (AvgIpc) is 2.77. The minimum absolute atomic E-state index is 0.0421. The third-order valence-electron chi connectivity index (χ3n) is 4.88. The molecule has 3 rings (SSSR count). The number of aromatic nitrogens is 2. The molecule has 8 heteroatoms. The van der Waals surface area contributed by atoms with E-state index in [4.69, 9.17) is 16.3 Å². The van der Waals surface area contributed by atoms with E-state index in [0.717, 1.165) is 23.4 Å². The molecule has 0 saturated carbocycles. The number of anilines is 3. The van der Waals surface area contributed by atoms with Gasteiger partial charge in [0.25, 0.3) is 0 Å². The standard InChI is InChI=1S/C24H25ClN4O3/c1-4-16-5-7-18(28-23-11-15(2)26-14-27-23)13-20(16)29-24(31)10-8-21(30)19-12-17(25)6-9-22(19)32-3/h5-7,9,11-14H,4,8,10H2,1-3H3,(H,29,31)(H,26,27,28). The summed E-state index contributed by atoms with van der Waals surface area (Å²) in [7, 11) is 1.49. The van der Waals surface area contributed by atoms with Gasteiger partial charge in [-0.05, 0) is 49.2 Å². The van der Waals surface area contributed by atoms with Gasteiger partial charge >= 0.3 is 0 Å². The molecule has 3 aromatic rings. The molecule has 0 bridgehead atoms. The maximum Gasteiger partial charge on any atom is 0.224 e. The van der Waals surface area contributed by atoms with Crippen molar-refractivity contribution in [3.63, 3.8) is 0 Å². The van der Waals surface area contributed by atoms with E-state index in [0.29, 0.717) is 27.8 Å². The lowest BCUT2D eigenvalue weighted by Gasteiger charge is -2.13. The van der Waals surface area contributed by atoms with Crippen molar-refractivity contribution >= 4 is 40.5 Å². The SMILES string of the molecule is CCc1ccc(Nc2cc(C)ncn2)cc1NC(=O)CCC(=O)c1cc(Cl)ccc1OC. The normalized spacial score (nSPS) is 10.5. The summed E-state index contributed by atoms with van der Waals surface area (Å²) in [5, 5.41) is 6.58. The van der Waals surface area contributed by atoms with Gasteiger partial charge in [-0.25, -0.2) is 9.97 Å². The fourth-order valence-electron chi connectivity index (χ4n) is 3.22. The molecule has 32 heavy (non-hydrogen) atoms. The van der Waals surface area contributed by atoms with Gasteiger partial charge in [0.05, 0.1) is 12.7 Å². The zero-order valence-corrected chi connectivity index (χ0v) is 19.0. The van der Waals surface area contributed by atoms with Crippen LogP contribution in [0.5, 0.6) is 5.75 Å². The van der Waals surface area contributed by atoms with E-state index in [1.807, 2.05) is 38.1 Å². The van der Waals surface area contributed by atoms with Gasteiger partial charge in [0.15, 0.2) is 5.78 Å². The van der Waals surface area contributed by atoms with Gasteiger partial charge in [0, 0.05) is 41.0 Å². The second-order valence-corrected chi connectivity index (χ2v) is 7.65. The summed E-state index contributed by atoms with van der Waals surface area (Å²) >= 11 is 6.00. The Kier molecular flexibility index (Phi) is 7.78. The molecule has 0 aliphatic heterocycles. The smallest absolute Gasteiger partial charge is 0.224 e. The molecule has 0 saturated heterocycles. The van der Waals surface area contributed by atoms with Gasteiger partial charge < -0.3 is 15.4 Å². The van der Waals surface area contributed by atoms with Crippen molar-refractivity contribution in [2.75, 3.05) is 17.7 Å². The van der Waals surface area contributed by atoms with E-state index < -0.39 is 0 Å². The van der Waals surface area contributed by atoms with Crippen LogP contribution < -0.4 is 15.4 Å². The van der Waals surface area contributed by atoms with Crippen molar-refractivity contribution in [1.82, 2.24) is 9.97 Å². The molecular formula is C24H25ClN4O3. The maximum atomic E-state index is 12.6. The van der Waals surface area contributed by atoms with E-state index in [1.54, 1.807) is 18.2 Å². The number of benzene rings is 2. The number of nitrogens with one attached hydrogen (secondary N) is 2. The monoisotopic (exact) mass is 452 g/mol. The predicted octanol–water partition coefficient (Wildman–Crippen LogP) is 5.35. The number of hydrogen-bond acceptors (Lipinski definition) is 6. The molecule has 166 valence electrons. The van der Waals surface area contributed by atoms with Crippen LogP contribution in [0, 0.1) is 6.92 Å². The summed E-state index contributed by atoms with van der Waals surface area (Å²) in [4.78, 5) is 33.5. The van der Waals surface area contributed by atoms with Crippen LogP contribution in [0.1, 0.15) is 41.4 Å². The number of ketones is 1. The summed E-state index contributed by atoms with van der Waals surface area (Å²) in [6, 6.07) is 12.4. The second-order valence-electron chi connectivity index (χ2n) is 7.21. The molecule has 1 aromatic heterocycles. The number of Topliss-reactive ketones (excluding diaryl/α,β-unsaturated/α-hetero) is 1. The molecule has 0 aliphatic carbocycles. The Balaban J connectivity index is 1.67. The lowest BCUT2D eigenvalue weighted by atomic mass is 10.0. The Bertz CT molecular complexity index is 1130. The quantitative estimate of drug-likeness (QED) is 0.425. The van der Waals surface area contributed by atoms with E-state index in [2.05, 4.69) is 20.6 Å². The fraction of sp³-hybridized carbons (Fsp3) is 0.250. The Morgan fingerprint density at radius 1 is 1.06 bits per heavy atom. The summed E-state index contributed by atoms with van der Waals surface area (Å²) in [6.45, 7) is 3.90. The highest BCUT2D eigenvalue weighted by Crippen LogP contribution is 2.26. The topological polar surface area (TPSA) is 93.2 Å². The number of carbonyl (C=O) groups is 2. The molecule has 7 nitrogen and oxygen atoms in total. The van der Waals surface area contributed by atoms with Gasteiger partial charge in [-0.15, -0.1) is 0 Å². The number of amides is 1. The van der Waals surface area contributed by atoms with Crippen molar-refractivity contribution in [3.8, 4) is 5.75 Å². The van der Waals surface area contributed by atoms with E-state index in [9.17, 15) is 9.59 Å². The number of nitrogens with zero attached hydrogens (tertiary/aromatic N) is 2. The number of halogens is 1. The first kappa shape index (κ1) is 23.2. The molecule has 0 aliphatic rings. The van der Waals surface area contributed by atoms with Crippen LogP contribution in [-0.2, 0) is 11.2 Å². The third-order valence-corrected chi connectivity index (χ3v) is 5.12. The van der Waals surface area contributed by atoms with E-state index >= 15 is 0 Å². The number of methoxy groups -OCH3 is 1. The van der Waals surface area contributed by atoms with Crippen LogP contribution in [0.4, 0.5) is 17.2 Å². The van der Waals surface area contributed by atoms with Gasteiger partial charge in [-0.1, -0.05) is 24.6 Å².